The molecule has 0 radical (unpaired) electrons. The Morgan fingerprint density at radius 3 is 2.15 bits per heavy atom. The zero-order valence-corrected chi connectivity index (χ0v) is 11.4. The lowest BCUT2D eigenvalue weighted by Crippen LogP contribution is -2.47. The molecule has 20 heavy (non-hydrogen) atoms. The van der Waals surface area contributed by atoms with Gasteiger partial charge < -0.3 is 36.0 Å². The lowest BCUT2D eigenvalue weighted by Gasteiger charge is -2.25. The topological polar surface area (TPSA) is 153 Å². The fraction of sp³-hybridized carbons (Fsp3) is 0.917. The fourth-order valence-electron chi connectivity index (χ4n) is 1.50. The van der Waals surface area contributed by atoms with Gasteiger partial charge in [0.05, 0.1) is 6.61 Å². The molecule has 0 saturated carbocycles. The van der Waals surface area contributed by atoms with Crippen LogP contribution in [0.3, 0.4) is 0 Å². The number of carbonyl (C=O) groups is 1. The van der Waals surface area contributed by atoms with Crippen molar-refractivity contribution in [2.75, 3.05) is 19.8 Å². The largest absolute Gasteiger partial charge is 0.463 e. The summed E-state index contributed by atoms with van der Waals surface area (Å²) in [7, 11) is 0. The molecule has 0 aromatic heterocycles. The predicted molar refractivity (Wildman–Crippen MR) is 69.6 cm³/mol. The maximum atomic E-state index is 11.3. The average Bonchev–Trinajstić information content (AvgIpc) is 2.46. The summed E-state index contributed by atoms with van der Waals surface area (Å²) in [6, 6.07) is 0. The normalized spacial score (nSPS) is 17.3. The van der Waals surface area contributed by atoms with Crippen molar-refractivity contribution in [1.29, 1.82) is 0 Å². The lowest BCUT2D eigenvalue weighted by atomic mass is 10.0. The van der Waals surface area contributed by atoms with Crippen molar-refractivity contribution in [2.24, 2.45) is 5.73 Å². The number of aliphatic hydroxyl groups is 5. The SMILES string of the molecule is NCCCCCC(=O)OC[C@@H](O)[C@@H](O)[C@@H](O)[C@H](O)CO. The smallest absolute Gasteiger partial charge is 0.305 e. The third kappa shape index (κ3) is 7.73. The van der Waals surface area contributed by atoms with Gasteiger partial charge in [-0.2, -0.15) is 0 Å². The molecule has 120 valence electrons. The second-order valence-electron chi connectivity index (χ2n) is 4.58. The van der Waals surface area contributed by atoms with Gasteiger partial charge in [0.1, 0.15) is 31.0 Å². The minimum absolute atomic E-state index is 0.185. The van der Waals surface area contributed by atoms with Crippen LogP contribution in [0.5, 0.6) is 0 Å². The first-order valence-corrected chi connectivity index (χ1v) is 6.62. The summed E-state index contributed by atoms with van der Waals surface area (Å²) < 4.78 is 4.73. The maximum Gasteiger partial charge on any atom is 0.305 e. The molecule has 0 aliphatic rings. The van der Waals surface area contributed by atoms with Crippen LogP contribution in [0.1, 0.15) is 25.7 Å². The van der Waals surface area contributed by atoms with Crippen LogP contribution in [0.2, 0.25) is 0 Å². The summed E-state index contributed by atoms with van der Waals surface area (Å²) in [5.74, 6) is -0.523. The number of hydrogen-bond acceptors (Lipinski definition) is 8. The van der Waals surface area contributed by atoms with Gasteiger partial charge in [0.25, 0.3) is 0 Å². The Hall–Kier alpha value is -0.770. The van der Waals surface area contributed by atoms with E-state index in [1.807, 2.05) is 0 Å². The van der Waals surface area contributed by atoms with Gasteiger partial charge in [-0.3, -0.25) is 4.79 Å². The van der Waals surface area contributed by atoms with E-state index in [1.165, 1.54) is 0 Å². The van der Waals surface area contributed by atoms with Crippen LogP contribution in [-0.2, 0) is 9.53 Å². The summed E-state index contributed by atoms with van der Waals surface area (Å²) in [6.45, 7) is -0.691. The Balaban J connectivity index is 3.90. The number of nitrogens with two attached hydrogens (primary N) is 1. The number of rotatable bonds is 11. The van der Waals surface area contributed by atoms with Crippen LogP contribution in [0.4, 0.5) is 0 Å². The molecule has 8 nitrogen and oxygen atoms in total. The first-order chi connectivity index (χ1) is 9.43. The molecular formula is C12H25NO7. The highest BCUT2D eigenvalue weighted by Crippen LogP contribution is 2.07. The molecule has 0 aliphatic carbocycles. The predicted octanol–water partition coefficient (Wildman–Crippen LogP) is -2.52. The zero-order chi connectivity index (χ0) is 15.5. The molecular weight excluding hydrogens is 270 g/mol. The van der Waals surface area contributed by atoms with Gasteiger partial charge >= 0.3 is 5.97 Å². The number of carbonyl (C=O) groups excluding carboxylic acids is 1. The Bertz CT molecular complexity index is 264. The molecule has 0 spiro atoms. The molecule has 0 aromatic carbocycles. The molecule has 0 aromatic rings. The molecule has 0 rings (SSSR count). The van der Waals surface area contributed by atoms with Crippen molar-refractivity contribution < 1.29 is 35.1 Å². The van der Waals surface area contributed by atoms with E-state index < -0.39 is 43.6 Å². The van der Waals surface area contributed by atoms with Gasteiger partial charge in [0.2, 0.25) is 0 Å². The summed E-state index contributed by atoms with van der Waals surface area (Å²) in [5, 5.41) is 46.0. The summed E-state index contributed by atoms with van der Waals surface area (Å²) in [6.07, 6.45) is -4.13. The highest BCUT2D eigenvalue weighted by atomic mass is 16.5. The van der Waals surface area contributed by atoms with Crippen LogP contribution in [0.15, 0.2) is 0 Å². The van der Waals surface area contributed by atoms with E-state index in [0.29, 0.717) is 13.0 Å². The molecule has 4 atom stereocenters. The second kappa shape index (κ2) is 11.0. The molecule has 0 bridgehead atoms. The van der Waals surface area contributed by atoms with Crippen molar-refractivity contribution in [2.45, 2.75) is 50.1 Å². The van der Waals surface area contributed by atoms with Gasteiger partial charge in [0, 0.05) is 6.42 Å². The van der Waals surface area contributed by atoms with Gasteiger partial charge in [-0.1, -0.05) is 6.42 Å². The van der Waals surface area contributed by atoms with E-state index in [4.69, 9.17) is 20.7 Å². The molecule has 0 aliphatic heterocycles. The van der Waals surface area contributed by atoms with Crippen molar-refractivity contribution in [3.05, 3.63) is 0 Å². The number of esters is 1. The maximum absolute atomic E-state index is 11.3. The summed E-state index contributed by atoms with van der Waals surface area (Å²) in [5.41, 5.74) is 5.30. The minimum atomic E-state index is -1.72. The van der Waals surface area contributed by atoms with E-state index in [0.717, 1.165) is 12.8 Å². The first kappa shape index (κ1) is 19.2. The van der Waals surface area contributed by atoms with Crippen LogP contribution < -0.4 is 5.73 Å². The summed E-state index contributed by atoms with van der Waals surface area (Å²) >= 11 is 0. The monoisotopic (exact) mass is 295 g/mol. The van der Waals surface area contributed by atoms with Crippen LogP contribution in [0.25, 0.3) is 0 Å². The molecule has 8 heteroatoms. The standard InChI is InChI=1S/C12H25NO7/c13-5-3-1-2-4-10(17)20-7-9(16)12(19)11(18)8(15)6-14/h8-9,11-12,14-16,18-19H,1-7,13H2/t8-,9-,11+,12-/m1/s1. The van der Waals surface area contributed by atoms with E-state index in [9.17, 15) is 20.1 Å². The Labute approximate surface area is 117 Å². The van der Waals surface area contributed by atoms with Crippen molar-refractivity contribution >= 4 is 5.97 Å². The summed E-state index contributed by atoms with van der Waals surface area (Å²) in [4.78, 5) is 11.3. The Morgan fingerprint density at radius 2 is 1.60 bits per heavy atom. The quantitative estimate of drug-likeness (QED) is 0.180. The zero-order valence-electron chi connectivity index (χ0n) is 11.4. The fourth-order valence-corrected chi connectivity index (χ4v) is 1.50. The Morgan fingerprint density at radius 1 is 1.00 bits per heavy atom. The molecule has 7 N–H and O–H groups in total. The van der Waals surface area contributed by atoms with E-state index >= 15 is 0 Å². The van der Waals surface area contributed by atoms with Crippen molar-refractivity contribution in [3.8, 4) is 0 Å². The number of unbranched alkanes of at least 4 members (excludes halogenated alkanes) is 2. The number of hydrogen-bond donors (Lipinski definition) is 6. The van der Waals surface area contributed by atoms with E-state index in [1.54, 1.807) is 0 Å². The number of ether oxygens (including phenoxy) is 1. The van der Waals surface area contributed by atoms with Gasteiger partial charge in [-0.15, -0.1) is 0 Å². The molecule has 0 saturated heterocycles. The third-order valence-corrected chi connectivity index (χ3v) is 2.83. The Kier molecular flexibility index (Phi) is 10.5. The first-order valence-electron chi connectivity index (χ1n) is 6.62. The van der Waals surface area contributed by atoms with Gasteiger partial charge in [-0.25, -0.2) is 0 Å². The minimum Gasteiger partial charge on any atom is -0.463 e. The average molecular weight is 295 g/mol. The highest BCUT2D eigenvalue weighted by Gasteiger charge is 2.30. The molecule has 0 fully saturated rings. The third-order valence-electron chi connectivity index (χ3n) is 2.83. The molecule has 0 unspecified atom stereocenters. The van der Waals surface area contributed by atoms with E-state index in [-0.39, 0.29) is 6.42 Å². The van der Waals surface area contributed by atoms with Crippen LogP contribution in [-0.4, -0.2) is 75.7 Å². The van der Waals surface area contributed by atoms with E-state index in [2.05, 4.69) is 0 Å². The highest BCUT2D eigenvalue weighted by molar-refractivity contribution is 5.69. The van der Waals surface area contributed by atoms with Crippen LogP contribution in [0, 0.1) is 0 Å². The van der Waals surface area contributed by atoms with Gasteiger partial charge in [-0.05, 0) is 19.4 Å². The molecule has 0 heterocycles. The molecule has 0 amide bonds. The lowest BCUT2D eigenvalue weighted by molar-refractivity contribution is -0.156. The van der Waals surface area contributed by atoms with Gasteiger partial charge in [0.15, 0.2) is 0 Å². The van der Waals surface area contributed by atoms with Crippen molar-refractivity contribution in [1.82, 2.24) is 0 Å². The van der Waals surface area contributed by atoms with Crippen LogP contribution >= 0.6 is 0 Å². The number of aliphatic hydroxyl groups excluding tert-OH is 5. The van der Waals surface area contributed by atoms with Crippen molar-refractivity contribution in [3.63, 3.8) is 0 Å². The second-order valence-corrected chi connectivity index (χ2v) is 4.58.